The monoisotopic (exact) mass is 345 g/mol. The van der Waals surface area contributed by atoms with Gasteiger partial charge in [0.1, 0.15) is 5.02 Å². The zero-order chi connectivity index (χ0) is 15.6. The van der Waals surface area contributed by atoms with Crippen molar-refractivity contribution >= 4 is 35.6 Å². The van der Waals surface area contributed by atoms with Crippen molar-refractivity contribution in [2.45, 2.75) is 26.3 Å². The molecular weight excluding hydrogens is 325 g/mol. The Kier molecular flexibility index (Phi) is 6.59. The summed E-state index contributed by atoms with van der Waals surface area (Å²) in [6.07, 6.45) is 4.06. The van der Waals surface area contributed by atoms with Crippen LogP contribution in [0, 0.1) is 5.92 Å². The van der Waals surface area contributed by atoms with E-state index in [9.17, 15) is 4.79 Å². The largest absolute Gasteiger partial charge is 0.340 e. The van der Waals surface area contributed by atoms with Gasteiger partial charge in [-0.15, -0.1) is 12.4 Å². The molecule has 2 heterocycles. The molecule has 0 saturated carbocycles. The van der Waals surface area contributed by atoms with Crippen molar-refractivity contribution in [1.82, 2.24) is 19.5 Å². The van der Waals surface area contributed by atoms with Crippen LogP contribution in [0.1, 0.15) is 30.8 Å². The third-order valence-electron chi connectivity index (χ3n) is 3.54. The van der Waals surface area contributed by atoms with Crippen LogP contribution in [0.5, 0.6) is 0 Å². The molecule has 8 heteroatoms. The van der Waals surface area contributed by atoms with Gasteiger partial charge in [0, 0.05) is 32.0 Å². The van der Waals surface area contributed by atoms with E-state index >= 15 is 0 Å². The number of carbonyl (C=O) groups excluding carboxylic acids is 1. The number of rotatable bonds is 5. The van der Waals surface area contributed by atoms with E-state index in [1.807, 2.05) is 0 Å². The van der Waals surface area contributed by atoms with E-state index in [0.717, 1.165) is 6.42 Å². The Bertz CT molecular complexity index is 643. The van der Waals surface area contributed by atoms with E-state index < -0.39 is 0 Å². The van der Waals surface area contributed by atoms with Crippen LogP contribution < -0.4 is 5.73 Å². The number of hydrogen-bond donors (Lipinski definition) is 1. The van der Waals surface area contributed by atoms with Crippen LogP contribution in [-0.2, 0) is 0 Å². The minimum Gasteiger partial charge on any atom is -0.340 e. The molecule has 0 aromatic carbocycles. The molecule has 2 rings (SSSR count). The number of nitrogens with two attached hydrogens (primary N) is 1. The predicted octanol–water partition coefficient (Wildman–Crippen LogP) is 2.25. The number of halogens is 2. The lowest BCUT2D eigenvalue weighted by atomic mass is 10.0. The smallest absolute Gasteiger partial charge is 0.275 e. The maximum absolute atomic E-state index is 12.4. The Labute approximate surface area is 141 Å². The summed E-state index contributed by atoms with van der Waals surface area (Å²) < 4.78 is 1.50. The van der Waals surface area contributed by atoms with Gasteiger partial charge in [-0.1, -0.05) is 25.4 Å². The topological polar surface area (TPSA) is 76.5 Å². The average molecular weight is 346 g/mol. The fourth-order valence-electron chi connectivity index (χ4n) is 1.95. The Balaban J connectivity index is 0.00000242. The average Bonchev–Trinajstić information content (AvgIpc) is 2.81. The molecular formula is C14H21Cl2N5O. The molecule has 1 amide bonds. The molecule has 6 nitrogen and oxygen atoms in total. The highest BCUT2D eigenvalue weighted by atomic mass is 35.5. The van der Waals surface area contributed by atoms with Crippen LogP contribution in [0.15, 0.2) is 18.5 Å². The normalized spacial score (nSPS) is 12.3. The van der Waals surface area contributed by atoms with Gasteiger partial charge in [-0.2, -0.15) is 5.10 Å². The Morgan fingerprint density at radius 1 is 1.50 bits per heavy atom. The van der Waals surface area contributed by atoms with E-state index in [0.29, 0.717) is 18.1 Å². The van der Waals surface area contributed by atoms with Crippen molar-refractivity contribution in [3.8, 4) is 0 Å². The second-order valence-electron chi connectivity index (χ2n) is 5.47. The van der Waals surface area contributed by atoms with Crippen molar-refractivity contribution in [3.05, 3.63) is 29.2 Å². The molecule has 22 heavy (non-hydrogen) atoms. The van der Waals surface area contributed by atoms with Gasteiger partial charge < -0.3 is 10.6 Å². The summed E-state index contributed by atoms with van der Waals surface area (Å²) in [7, 11) is 1.73. The number of aromatic nitrogens is 3. The van der Waals surface area contributed by atoms with Crippen LogP contribution >= 0.6 is 24.0 Å². The van der Waals surface area contributed by atoms with Crippen LogP contribution in [0.4, 0.5) is 0 Å². The molecule has 1 unspecified atom stereocenters. The molecule has 2 aromatic rings. The van der Waals surface area contributed by atoms with E-state index in [4.69, 9.17) is 17.3 Å². The lowest BCUT2D eigenvalue weighted by molar-refractivity contribution is 0.0783. The zero-order valence-electron chi connectivity index (χ0n) is 12.9. The first-order chi connectivity index (χ1) is 9.91. The molecule has 0 spiro atoms. The van der Waals surface area contributed by atoms with Gasteiger partial charge in [0.2, 0.25) is 0 Å². The lowest BCUT2D eigenvalue weighted by Crippen LogP contribution is -2.34. The molecule has 0 aliphatic rings. The van der Waals surface area contributed by atoms with Gasteiger partial charge in [0.25, 0.3) is 5.91 Å². The fraction of sp³-hybridized carbons (Fsp3) is 0.500. The summed E-state index contributed by atoms with van der Waals surface area (Å²) in [5, 5.41) is 4.47. The summed E-state index contributed by atoms with van der Waals surface area (Å²) in [4.78, 5) is 18.1. The van der Waals surface area contributed by atoms with Gasteiger partial charge in [-0.3, -0.25) is 4.79 Å². The van der Waals surface area contributed by atoms with Crippen molar-refractivity contribution in [2.75, 3.05) is 13.6 Å². The van der Waals surface area contributed by atoms with Gasteiger partial charge in [-0.25, -0.2) is 9.50 Å². The lowest BCUT2D eigenvalue weighted by Gasteiger charge is -2.20. The van der Waals surface area contributed by atoms with E-state index in [1.165, 1.54) is 4.52 Å². The quantitative estimate of drug-likeness (QED) is 0.901. The van der Waals surface area contributed by atoms with E-state index in [2.05, 4.69) is 23.9 Å². The third-order valence-corrected chi connectivity index (χ3v) is 3.89. The predicted molar refractivity (Wildman–Crippen MR) is 89.6 cm³/mol. The van der Waals surface area contributed by atoms with Gasteiger partial charge in [-0.05, 0) is 18.4 Å². The minimum absolute atomic E-state index is 0. The first-order valence-corrected chi connectivity index (χ1v) is 7.29. The summed E-state index contributed by atoms with van der Waals surface area (Å²) >= 11 is 6.19. The standard InChI is InChI=1S/C14H20ClN5O.ClH/c1-9(2)10(16)5-8-19(3)14(21)12-11(15)13-17-6-4-7-20(13)18-12;/h4,6-7,9-10H,5,8,16H2,1-3H3;1H. The number of amides is 1. The maximum Gasteiger partial charge on any atom is 0.275 e. The zero-order valence-corrected chi connectivity index (χ0v) is 14.4. The highest BCUT2D eigenvalue weighted by Crippen LogP contribution is 2.21. The summed E-state index contributed by atoms with van der Waals surface area (Å²) in [6.45, 7) is 4.70. The molecule has 0 radical (unpaired) electrons. The van der Waals surface area contributed by atoms with Gasteiger partial charge in [0.05, 0.1) is 0 Å². The highest BCUT2D eigenvalue weighted by Gasteiger charge is 2.22. The number of hydrogen-bond acceptors (Lipinski definition) is 4. The van der Waals surface area contributed by atoms with Crippen LogP contribution in [-0.4, -0.2) is 45.0 Å². The molecule has 1 atom stereocenters. The first kappa shape index (κ1) is 18.7. The molecule has 0 fully saturated rings. The van der Waals surface area contributed by atoms with Crippen molar-refractivity contribution in [3.63, 3.8) is 0 Å². The van der Waals surface area contributed by atoms with Gasteiger partial charge in [0.15, 0.2) is 11.3 Å². The Morgan fingerprint density at radius 2 is 2.18 bits per heavy atom. The third kappa shape index (κ3) is 3.88. The fourth-order valence-corrected chi connectivity index (χ4v) is 2.21. The highest BCUT2D eigenvalue weighted by molar-refractivity contribution is 6.36. The maximum atomic E-state index is 12.4. The van der Waals surface area contributed by atoms with Crippen molar-refractivity contribution in [2.24, 2.45) is 11.7 Å². The van der Waals surface area contributed by atoms with Crippen molar-refractivity contribution < 1.29 is 4.79 Å². The number of carbonyl (C=O) groups is 1. The van der Waals surface area contributed by atoms with Crippen LogP contribution in [0.25, 0.3) is 5.65 Å². The van der Waals surface area contributed by atoms with Crippen molar-refractivity contribution in [1.29, 1.82) is 0 Å². The second kappa shape index (κ2) is 7.76. The Hall–Kier alpha value is -1.37. The molecule has 122 valence electrons. The Morgan fingerprint density at radius 3 is 2.77 bits per heavy atom. The molecule has 0 aliphatic carbocycles. The minimum atomic E-state index is -0.221. The second-order valence-corrected chi connectivity index (χ2v) is 5.85. The van der Waals surface area contributed by atoms with Crippen LogP contribution in [0.2, 0.25) is 5.02 Å². The molecule has 2 N–H and O–H groups in total. The van der Waals surface area contributed by atoms with Gasteiger partial charge >= 0.3 is 0 Å². The number of fused-ring (bicyclic) bond motifs is 1. The van der Waals surface area contributed by atoms with E-state index in [1.54, 1.807) is 30.4 Å². The summed E-state index contributed by atoms with van der Waals surface area (Å²) in [5.41, 5.74) is 6.70. The molecule has 0 aliphatic heterocycles. The first-order valence-electron chi connectivity index (χ1n) is 6.91. The summed E-state index contributed by atoms with van der Waals surface area (Å²) in [6, 6.07) is 1.80. The molecule has 0 bridgehead atoms. The SMILES string of the molecule is CC(C)C(N)CCN(C)C(=O)c1nn2cccnc2c1Cl.Cl. The number of nitrogens with zero attached hydrogens (tertiary/aromatic N) is 4. The molecule has 2 aromatic heterocycles. The van der Waals surface area contributed by atoms with Crippen LogP contribution in [0.3, 0.4) is 0 Å². The summed E-state index contributed by atoms with van der Waals surface area (Å²) in [5.74, 6) is 0.165. The molecule has 0 saturated heterocycles. The van der Waals surface area contributed by atoms with E-state index in [-0.39, 0.29) is 35.1 Å².